The molecule has 0 spiro atoms. The minimum absolute atomic E-state index is 0.0713. The third-order valence-electron chi connectivity index (χ3n) is 3.64. The topological polar surface area (TPSA) is 68.0 Å². The number of carbonyl (C=O) groups is 1. The number of rotatable bonds is 4. The van der Waals surface area contributed by atoms with E-state index < -0.39 is 0 Å². The molecule has 1 aliphatic carbocycles. The maximum absolute atomic E-state index is 11.9. The van der Waals surface area contributed by atoms with E-state index in [0.717, 1.165) is 24.5 Å². The predicted molar refractivity (Wildman–Crippen MR) is 74.4 cm³/mol. The standard InChI is InChI=1S/C13H21N3OS/c1-2-9-4-3-5-10(6-9)15-12(17)7-11-8-18-13(14)16-11/h8-10H,2-7H2,1H3,(H2,14,16)(H,15,17). The van der Waals surface area contributed by atoms with Crippen molar-refractivity contribution < 1.29 is 4.79 Å². The van der Waals surface area contributed by atoms with Gasteiger partial charge in [0, 0.05) is 11.4 Å². The maximum atomic E-state index is 11.9. The number of hydrogen-bond acceptors (Lipinski definition) is 4. The number of aromatic nitrogens is 1. The summed E-state index contributed by atoms with van der Waals surface area (Å²) < 4.78 is 0. The van der Waals surface area contributed by atoms with Crippen molar-refractivity contribution in [3.05, 3.63) is 11.1 Å². The summed E-state index contributed by atoms with van der Waals surface area (Å²) in [5.74, 6) is 0.848. The summed E-state index contributed by atoms with van der Waals surface area (Å²) in [6, 6.07) is 0.354. The molecule has 1 heterocycles. The van der Waals surface area contributed by atoms with Crippen LogP contribution in [0.25, 0.3) is 0 Å². The van der Waals surface area contributed by atoms with E-state index in [9.17, 15) is 4.79 Å². The fourth-order valence-corrected chi connectivity index (χ4v) is 3.20. The molecule has 0 aromatic carbocycles. The van der Waals surface area contributed by atoms with Gasteiger partial charge in [-0.3, -0.25) is 4.79 Å². The van der Waals surface area contributed by atoms with Gasteiger partial charge in [0.1, 0.15) is 0 Å². The molecule has 2 unspecified atom stereocenters. The number of carbonyl (C=O) groups excluding carboxylic acids is 1. The van der Waals surface area contributed by atoms with Crippen molar-refractivity contribution in [1.29, 1.82) is 0 Å². The number of amides is 1. The van der Waals surface area contributed by atoms with Gasteiger partial charge in [-0.15, -0.1) is 11.3 Å². The van der Waals surface area contributed by atoms with Crippen LogP contribution in [0.4, 0.5) is 5.13 Å². The van der Waals surface area contributed by atoms with Crippen LogP contribution >= 0.6 is 11.3 Å². The Bertz CT molecular complexity index is 405. The highest BCUT2D eigenvalue weighted by atomic mass is 32.1. The van der Waals surface area contributed by atoms with Gasteiger partial charge in [-0.1, -0.05) is 26.2 Å². The third kappa shape index (κ3) is 3.70. The minimum atomic E-state index is 0.0713. The Kier molecular flexibility index (Phi) is 4.58. The lowest BCUT2D eigenvalue weighted by Gasteiger charge is -2.29. The molecule has 0 radical (unpaired) electrons. The Labute approximate surface area is 112 Å². The van der Waals surface area contributed by atoms with Gasteiger partial charge in [-0.2, -0.15) is 0 Å². The molecular weight excluding hydrogens is 246 g/mol. The SMILES string of the molecule is CCC1CCCC(NC(=O)Cc2csc(N)n2)C1. The van der Waals surface area contributed by atoms with Gasteiger partial charge >= 0.3 is 0 Å². The Morgan fingerprint density at radius 3 is 3.11 bits per heavy atom. The zero-order valence-electron chi connectivity index (χ0n) is 10.8. The first-order chi connectivity index (χ1) is 8.67. The van der Waals surface area contributed by atoms with E-state index in [-0.39, 0.29) is 5.91 Å². The first-order valence-electron chi connectivity index (χ1n) is 6.66. The Hall–Kier alpha value is -1.10. The second-order valence-corrected chi connectivity index (χ2v) is 5.95. The molecule has 5 heteroatoms. The lowest BCUT2D eigenvalue weighted by molar-refractivity contribution is -0.121. The molecule has 100 valence electrons. The molecule has 2 atom stereocenters. The molecule has 1 aromatic heterocycles. The molecule has 4 nitrogen and oxygen atoms in total. The maximum Gasteiger partial charge on any atom is 0.226 e. The van der Waals surface area contributed by atoms with E-state index in [0.29, 0.717) is 17.6 Å². The molecule has 1 aromatic rings. The predicted octanol–water partition coefficient (Wildman–Crippen LogP) is 2.35. The van der Waals surface area contributed by atoms with Gasteiger partial charge in [0.25, 0.3) is 0 Å². The molecule has 0 saturated heterocycles. The average molecular weight is 267 g/mol. The Balaban J connectivity index is 1.80. The number of hydrogen-bond donors (Lipinski definition) is 2. The molecule has 3 N–H and O–H groups in total. The normalized spacial score (nSPS) is 23.8. The van der Waals surface area contributed by atoms with Gasteiger partial charge in [0.15, 0.2) is 5.13 Å². The van der Waals surface area contributed by atoms with E-state index in [1.165, 1.54) is 30.6 Å². The first-order valence-corrected chi connectivity index (χ1v) is 7.54. The molecule has 1 fully saturated rings. The molecule has 2 rings (SSSR count). The number of nitrogens with zero attached hydrogens (tertiary/aromatic N) is 1. The monoisotopic (exact) mass is 267 g/mol. The summed E-state index contributed by atoms with van der Waals surface area (Å²) in [6.07, 6.45) is 6.34. The van der Waals surface area contributed by atoms with Crippen LogP contribution in [0, 0.1) is 5.92 Å². The van der Waals surface area contributed by atoms with E-state index in [4.69, 9.17) is 5.73 Å². The molecule has 1 amide bonds. The zero-order valence-corrected chi connectivity index (χ0v) is 11.6. The number of thiazole rings is 1. The van der Waals surface area contributed by atoms with E-state index in [1.807, 2.05) is 5.38 Å². The summed E-state index contributed by atoms with van der Waals surface area (Å²) >= 11 is 1.38. The van der Waals surface area contributed by atoms with Crippen LogP contribution in [0.3, 0.4) is 0 Å². The third-order valence-corrected chi connectivity index (χ3v) is 4.36. The van der Waals surface area contributed by atoms with Crippen LogP contribution in [0.5, 0.6) is 0 Å². The van der Waals surface area contributed by atoms with Crippen molar-refractivity contribution in [2.24, 2.45) is 5.92 Å². The van der Waals surface area contributed by atoms with Gasteiger partial charge in [-0.05, 0) is 18.8 Å². The van der Waals surface area contributed by atoms with Crippen LogP contribution in [-0.2, 0) is 11.2 Å². The quantitative estimate of drug-likeness (QED) is 0.880. The highest BCUT2D eigenvalue weighted by Crippen LogP contribution is 2.26. The van der Waals surface area contributed by atoms with E-state index >= 15 is 0 Å². The number of anilines is 1. The van der Waals surface area contributed by atoms with Crippen molar-refractivity contribution in [2.75, 3.05) is 5.73 Å². The van der Waals surface area contributed by atoms with Crippen molar-refractivity contribution >= 4 is 22.4 Å². The van der Waals surface area contributed by atoms with Crippen molar-refractivity contribution in [3.63, 3.8) is 0 Å². The molecule has 1 aliphatic rings. The summed E-state index contributed by atoms with van der Waals surface area (Å²) in [7, 11) is 0. The Morgan fingerprint density at radius 1 is 1.61 bits per heavy atom. The molecule has 0 aliphatic heterocycles. The molecular formula is C13H21N3OS. The van der Waals surface area contributed by atoms with Crippen LogP contribution in [0.2, 0.25) is 0 Å². The van der Waals surface area contributed by atoms with Crippen molar-refractivity contribution in [2.45, 2.75) is 51.5 Å². The summed E-state index contributed by atoms with van der Waals surface area (Å²) in [4.78, 5) is 16.0. The second kappa shape index (κ2) is 6.18. The molecule has 18 heavy (non-hydrogen) atoms. The number of nitrogens with one attached hydrogen (secondary N) is 1. The van der Waals surface area contributed by atoms with E-state index in [1.54, 1.807) is 0 Å². The molecule has 1 saturated carbocycles. The second-order valence-electron chi connectivity index (χ2n) is 5.06. The fourth-order valence-electron chi connectivity index (χ4n) is 2.64. The minimum Gasteiger partial charge on any atom is -0.375 e. The van der Waals surface area contributed by atoms with Gasteiger partial charge in [-0.25, -0.2) is 4.98 Å². The van der Waals surface area contributed by atoms with Gasteiger partial charge in [0.05, 0.1) is 12.1 Å². The fraction of sp³-hybridized carbons (Fsp3) is 0.692. The smallest absolute Gasteiger partial charge is 0.226 e. The van der Waals surface area contributed by atoms with Gasteiger partial charge < -0.3 is 11.1 Å². The highest BCUT2D eigenvalue weighted by Gasteiger charge is 2.22. The highest BCUT2D eigenvalue weighted by molar-refractivity contribution is 7.13. The first kappa shape index (κ1) is 13.3. The largest absolute Gasteiger partial charge is 0.375 e. The van der Waals surface area contributed by atoms with Crippen molar-refractivity contribution in [3.8, 4) is 0 Å². The molecule has 0 bridgehead atoms. The van der Waals surface area contributed by atoms with Crippen LogP contribution in [0.15, 0.2) is 5.38 Å². The number of nitrogen functional groups attached to an aromatic ring is 1. The summed E-state index contributed by atoms with van der Waals surface area (Å²) in [5, 5.41) is 5.51. The lowest BCUT2D eigenvalue weighted by Crippen LogP contribution is -2.39. The average Bonchev–Trinajstić information content (AvgIpc) is 2.74. The Morgan fingerprint density at radius 2 is 2.44 bits per heavy atom. The van der Waals surface area contributed by atoms with Crippen LogP contribution < -0.4 is 11.1 Å². The van der Waals surface area contributed by atoms with Gasteiger partial charge in [0.2, 0.25) is 5.91 Å². The summed E-state index contributed by atoms with van der Waals surface area (Å²) in [6.45, 7) is 2.23. The van der Waals surface area contributed by atoms with Crippen LogP contribution in [-0.4, -0.2) is 16.9 Å². The van der Waals surface area contributed by atoms with Crippen molar-refractivity contribution in [1.82, 2.24) is 10.3 Å². The zero-order chi connectivity index (χ0) is 13.0. The summed E-state index contributed by atoms with van der Waals surface area (Å²) in [5.41, 5.74) is 6.33. The van der Waals surface area contributed by atoms with E-state index in [2.05, 4.69) is 17.2 Å². The lowest BCUT2D eigenvalue weighted by atomic mass is 9.84. The van der Waals surface area contributed by atoms with Crippen LogP contribution in [0.1, 0.15) is 44.7 Å². The number of nitrogens with two attached hydrogens (primary N) is 1.